The van der Waals surface area contributed by atoms with Gasteiger partial charge < -0.3 is 4.74 Å². The molecule has 0 aromatic heterocycles. The standard InChI is InChI=1S/C14H27NO2/c1-5-6-7-10-15(11(2)3)13(12-8-9-12)14(16)17-4/h11-13H,5-10H2,1-4H3. The lowest BCUT2D eigenvalue weighted by atomic mass is 10.1. The van der Waals surface area contributed by atoms with Crippen LogP contribution in [0.3, 0.4) is 0 Å². The fraction of sp³-hybridized carbons (Fsp3) is 0.929. The third-order valence-electron chi connectivity index (χ3n) is 3.55. The molecule has 0 amide bonds. The lowest BCUT2D eigenvalue weighted by Gasteiger charge is -2.33. The number of methoxy groups -OCH3 is 1. The van der Waals surface area contributed by atoms with Crippen LogP contribution >= 0.6 is 0 Å². The molecule has 3 heteroatoms. The molecule has 0 N–H and O–H groups in total. The first kappa shape index (κ1) is 14.5. The van der Waals surface area contributed by atoms with Crippen molar-refractivity contribution in [2.24, 2.45) is 5.92 Å². The highest BCUT2D eigenvalue weighted by Gasteiger charge is 2.41. The Bertz CT molecular complexity index is 236. The Balaban J connectivity index is 2.60. The van der Waals surface area contributed by atoms with Crippen LogP contribution in [0.2, 0.25) is 0 Å². The van der Waals surface area contributed by atoms with Gasteiger partial charge in [0.25, 0.3) is 0 Å². The highest BCUT2D eigenvalue weighted by molar-refractivity contribution is 5.76. The van der Waals surface area contributed by atoms with E-state index in [4.69, 9.17) is 4.74 Å². The Morgan fingerprint density at radius 3 is 2.41 bits per heavy atom. The maximum atomic E-state index is 11.9. The van der Waals surface area contributed by atoms with Gasteiger partial charge in [0.1, 0.15) is 6.04 Å². The molecule has 0 heterocycles. The topological polar surface area (TPSA) is 29.5 Å². The van der Waals surface area contributed by atoms with Crippen molar-refractivity contribution < 1.29 is 9.53 Å². The van der Waals surface area contributed by atoms with Crippen LogP contribution in [0.25, 0.3) is 0 Å². The predicted molar refractivity (Wildman–Crippen MR) is 69.9 cm³/mol. The van der Waals surface area contributed by atoms with E-state index in [9.17, 15) is 4.79 Å². The van der Waals surface area contributed by atoms with Gasteiger partial charge in [-0.25, -0.2) is 0 Å². The van der Waals surface area contributed by atoms with Crippen molar-refractivity contribution in [2.45, 2.75) is 65.0 Å². The number of carbonyl (C=O) groups excluding carboxylic acids is 1. The SMILES string of the molecule is CCCCCN(C(C)C)C(C(=O)OC)C1CC1. The molecule has 0 bridgehead atoms. The van der Waals surface area contributed by atoms with Crippen molar-refractivity contribution >= 4 is 5.97 Å². The molecule has 3 nitrogen and oxygen atoms in total. The average Bonchev–Trinajstić information content (AvgIpc) is 3.11. The third-order valence-corrected chi connectivity index (χ3v) is 3.55. The zero-order valence-corrected chi connectivity index (χ0v) is 11.7. The predicted octanol–water partition coefficient (Wildman–Crippen LogP) is 2.84. The van der Waals surface area contributed by atoms with Gasteiger partial charge in [0.15, 0.2) is 0 Å². The van der Waals surface area contributed by atoms with Crippen LogP contribution in [-0.4, -0.2) is 36.6 Å². The van der Waals surface area contributed by atoms with Crippen molar-refractivity contribution in [3.63, 3.8) is 0 Å². The van der Waals surface area contributed by atoms with Gasteiger partial charge in [-0.3, -0.25) is 9.69 Å². The molecule has 0 aliphatic heterocycles. The van der Waals surface area contributed by atoms with E-state index in [0.717, 1.165) is 6.54 Å². The van der Waals surface area contributed by atoms with E-state index in [1.54, 1.807) is 0 Å². The lowest BCUT2D eigenvalue weighted by Crippen LogP contribution is -2.47. The normalized spacial score (nSPS) is 17.5. The average molecular weight is 241 g/mol. The Hall–Kier alpha value is -0.570. The van der Waals surface area contributed by atoms with E-state index < -0.39 is 0 Å². The summed E-state index contributed by atoms with van der Waals surface area (Å²) in [7, 11) is 1.50. The molecule has 1 atom stereocenters. The molecule has 1 saturated carbocycles. The first-order chi connectivity index (χ1) is 8.11. The summed E-state index contributed by atoms with van der Waals surface area (Å²) in [4.78, 5) is 14.2. The minimum atomic E-state index is -0.0438. The minimum Gasteiger partial charge on any atom is -0.468 e. The molecule has 1 fully saturated rings. The van der Waals surface area contributed by atoms with Gasteiger partial charge in [-0.1, -0.05) is 19.8 Å². The summed E-state index contributed by atoms with van der Waals surface area (Å²) >= 11 is 0. The van der Waals surface area contributed by atoms with Crippen LogP contribution in [-0.2, 0) is 9.53 Å². The van der Waals surface area contributed by atoms with E-state index in [-0.39, 0.29) is 12.0 Å². The highest BCUT2D eigenvalue weighted by Crippen LogP contribution is 2.36. The van der Waals surface area contributed by atoms with Gasteiger partial charge in [0.05, 0.1) is 7.11 Å². The van der Waals surface area contributed by atoms with E-state index in [2.05, 4.69) is 25.7 Å². The number of hydrogen-bond acceptors (Lipinski definition) is 3. The fourth-order valence-electron chi connectivity index (χ4n) is 2.39. The number of rotatable bonds is 8. The molecule has 1 rings (SSSR count). The second kappa shape index (κ2) is 7.00. The van der Waals surface area contributed by atoms with Crippen molar-refractivity contribution in [3.8, 4) is 0 Å². The molecule has 1 unspecified atom stereocenters. The molecule has 1 aliphatic rings. The number of esters is 1. The summed E-state index contributed by atoms with van der Waals surface area (Å²) in [5.74, 6) is 0.490. The van der Waals surface area contributed by atoms with Crippen LogP contribution < -0.4 is 0 Å². The Kier molecular flexibility index (Phi) is 5.96. The van der Waals surface area contributed by atoms with Gasteiger partial charge in [-0.15, -0.1) is 0 Å². The summed E-state index contributed by atoms with van der Waals surface area (Å²) in [6.45, 7) is 7.56. The number of carbonyl (C=O) groups is 1. The monoisotopic (exact) mass is 241 g/mol. The lowest BCUT2D eigenvalue weighted by molar-refractivity contribution is -0.148. The van der Waals surface area contributed by atoms with Gasteiger partial charge in [0.2, 0.25) is 0 Å². The van der Waals surface area contributed by atoms with Crippen LogP contribution in [0.5, 0.6) is 0 Å². The number of unbranched alkanes of at least 4 members (excludes halogenated alkanes) is 2. The molecule has 0 aromatic carbocycles. The molecule has 1 aliphatic carbocycles. The van der Waals surface area contributed by atoms with Gasteiger partial charge in [0, 0.05) is 6.04 Å². The highest BCUT2D eigenvalue weighted by atomic mass is 16.5. The zero-order valence-electron chi connectivity index (χ0n) is 11.7. The number of ether oxygens (including phenoxy) is 1. The minimum absolute atomic E-state index is 0.00291. The smallest absolute Gasteiger partial charge is 0.323 e. The van der Waals surface area contributed by atoms with Crippen LogP contribution in [0, 0.1) is 5.92 Å². The third kappa shape index (κ3) is 4.30. The zero-order chi connectivity index (χ0) is 12.8. The summed E-state index contributed by atoms with van der Waals surface area (Å²) in [5, 5.41) is 0. The van der Waals surface area contributed by atoms with Crippen LogP contribution in [0.4, 0.5) is 0 Å². The molecule has 17 heavy (non-hydrogen) atoms. The number of nitrogens with zero attached hydrogens (tertiary/aromatic N) is 1. The Morgan fingerprint density at radius 2 is 2.00 bits per heavy atom. The van der Waals surface area contributed by atoms with Gasteiger partial charge >= 0.3 is 5.97 Å². The van der Waals surface area contributed by atoms with Gasteiger partial charge in [-0.05, 0) is 45.6 Å². The Labute approximate surface area is 106 Å². The second-order valence-electron chi connectivity index (χ2n) is 5.34. The molecule has 0 aromatic rings. The van der Waals surface area contributed by atoms with E-state index in [1.807, 2.05) is 0 Å². The fourth-order valence-corrected chi connectivity index (χ4v) is 2.39. The van der Waals surface area contributed by atoms with Crippen LogP contribution in [0.1, 0.15) is 52.9 Å². The first-order valence-electron chi connectivity index (χ1n) is 6.95. The molecular weight excluding hydrogens is 214 g/mol. The summed E-state index contributed by atoms with van der Waals surface area (Å²) in [5.41, 5.74) is 0. The quantitative estimate of drug-likeness (QED) is 0.483. The molecule has 0 saturated heterocycles. The van der Waals surface area contributed by atoms with Crippen molar-refractivity contribution in [2.75, 3.05) is 13.7 Å². The van der Waals surface area contributed by atoms with E-state index >= 15 is 0 Å². The Morgan fingerprint density at radius 1 is 1.35 bits per heavy atom. The molecule has 0 spiro atoms. The molecule has 100 valence electrons. The van der Waals surface area contributed by atoms with Crippen LogP contribution in [0.15, 0.2) is 0 Å². The van der Waals surface area contributed by atoms with E-state index in [0.29, 0.717) is 12.0 Å². The first-order valence-corrected chi connectivity index (χ1v) is 6.95. The maximum Gasteiger partial charge on any atom is 0.323 e. The summed E-state index contributed by atoms with van der Waals surface area (Å²) < 4.78 is 4.97. The van der Waals surface area contributed by atoms with Crippen molar-refractivity contribution in [1.29, 1.82) is 0 Å². The summed E-state index contributed by atoms with van der Waals surface area (Å²) in [6.07, 6.45) is 5.99. The second-order valence-corrected chi connectivity index (χ2v) is 5.34. The van der Waals surface area contributed by atoms with Crippen molar-refractivity contribution in [1.82, 2.24) is 4.90 Å². The van der Waals surface area contributed by atoms with Crippen molar-refractivity contribution in [3.05, 3.63) is 0 Å². The maximum absolute atomic E-state index is 11.9. The van der Waals surface area contributed by atoms with Gasteiger partial charge in [-0.2, -0.15) is 0 Å². The molecular formula is C14H27NO2. The number of hydrogen-bond donors (Lipinski definition) is 0. The summed E-state index contributed by atoms with van der Waals surface area (Å²) in [6, 6.07) is 0.411. The largest absolute Gasteiger partial charge is 0.468 e. The molecule has 0 radical (unpaired) electrons. The van der Waals surface area contributed by atoms with E-state index in [1.165, 1.54) is 39.2 Å².